The van der Waals surface area contributed by atoms with Crippen molar-refractivity contribution in [3.63, 3.8) is 0 Å². The van der Waals surface area contributed by atoms with Gasteiger partial charge in [0.1, 0.15) is 5.01 Å². The molecule has 0 bridgehead atoms. The van der Waals surface area contributed by atoms with Crippen molar-refractivity contribution < 1.29 is 9.84 Å². The molecule has 1 aromatic heterocycles. The van der Waals surface area contributed by atoms with Crippen LogP contribution in [-0.4, -0.2) is 70.0 Å². The Morgan fingerprint density at radius 1 is 1.38 bits per heavy atom. The molecule has 1 aromatic rings. The largest absolute Gasteiger partial charge is 0.469 e. The van der Waals surface area contributed by atoms with Crippen LogP contribution in [0, 0.1) is 0 Å². The van der Waals surface area contributed by atoms with Crippen LogP contribution in [0.15, 0.2) is 0 Å². The van der Waals surface area contributed by atoms with Crippen molar-refractivity contribution in [3.8, 4) is 5.19 Å². The average molecular weight is 314 g/mol. The van der Waals surface area contributed by atoms with E-state index in [1.807, 2.05) is 13.8 Å². The summed E-state index contributed by atoms with van der Waals surface area (Å²) in [5, 5.41) is 19.5. The van der Waals surface area contributed by atoms with Gasteiger partial charge in [0.2, 0.25) is 0 Å². The van der Waals surface area contributed by atoms with Crippen molar-refractivity contribution in [2.75, 3.05) is 32.8 Å². The maximum absolute atomic E-state index is 9.59. The molecule has 2 heterocycles. The Balaban J connectivity index is 1.87. The Morgan fingerprint density at radius 3 is 2.86 bits per heavy atom. The predicted molar refractivity (Wildman–Crippen MR) is 83.7 cm³/mol. The molecule has 0 spiro atoms. The fourth-order valence-electron chi connectivity index (χ4n) is 2.74. The van der Waals surface area contributed by atoms with Crippen molar-refractivity contribution in [1.29, 1.82) is 0 Å². The summed E-state index contributed by atoms with van der Waals surface area (Å²) in [5.74, 6) is 0. The summed E-state index contributed by atoms with van der Waals surface area (Å²) in [7, 11) is 0. The van der Waals surface area contributed by atoms with Gasteiger partial charge < -0.3 is 9.84 Å². The zero-order valence-corrected chi connectivity index (χ0v) is 14.0. The lowest BCUT2D eigenvalue weighted by Gasteiger charge is -2.41. The van der Waals surface area contributed by atoms with E-state index in [2.05, 4.69) is 26.9 Å². The van der Waals surface area contributed by atoms with Crippen molar-refractivity contribution in [2.45, 2.75) is 45.9 Å². The smallest absolute Gasteiger partial charge is 0.294 e. The highest BCUT2D eigenvalue weighted by Gasteiger charge is 2.26. The highest BCUT2D eigenvalue weighted by molar-refractivity contribution is 7.13. The second-order valence-corrected chi connectivity index (χ2v) is 6.56. The second-order valence-electron chi connectivity index (χ2n) is 5.54. The molecule has 1 N–H and O–H groups in total. The Morgan fingerprint density at radius 2 is 2.19 bits per heavy atom. The number of aliphatic hydroxyl groups is 1. The number of aromatic nitrogens is 2. The minimum Gasteiger partial charge on any atom is -0.469 e. The minimum atomic E-state index is -0.262. The first kappa shape index (κ1) is 16.6. The van der Waals surface area contributed by atoms with Gasteiger partial charge in [-0.25, -0.2) is 0 Å². The molecule has 0 saturated carbocycles. The van der Waals surface area contributed by atoms with Gasteiger partial charge in [0.25, 0.3) is 5.19 Å². The molecule has 2 atom stereocenters. The van der Waals surface area contributed by atoms with Crippen LogP contribution in [0.25, 0.3) is 0 Å². The van der Waals surface area contributed by atoms with Crippen LogP contribution in [0.3, 0.4) is 0 Å². The molecular weight excluding hydrogens is 288 g/mol. The van der Waals surface area contributed by atoms with E-state index in [1.54, 1.807) is 0 Å². The Bertz CT molecular complexity index is 427. The molecule has 0 amide bonds. The van der Waals surface area contributed by atoms with Gasteiger partial charge in [0.05, 0.1) is 19.3 Å². The molecule has 120 valence electrons. The third-order valence-electron chi connectivity index (χ3n) is 3.73. The number of aliphatic hydroxyl groups excluding tert-OH is 1. The molecule has 2 rings (SSSR count). The molecule has 7 heteroatoms. The molecule has 1 fully saturated rings. The first-order valence-corrected chi connectivity index (χ1v) is 8.53. The number of ether oxygens (including phenoxy) is 1. The van der Waals surface area contributed by atoms with E-state index < -0.39 is 0 Å². The van der Waals surface area contributed by atoms with Crippen LogP contribution in [0.4, 0.5) is 0 Å². The van der Waals surface area contributed by atoms with Crippen molar-refractivity contribution in [1.82, 2.24) is 20.0 Å². The van der Waals surface area contributed by atoms with E-state index in [9.17, 15) is 5.11 Å². The molecule has 1 aliphatic rings. The molecular formula is C14H26N4O2S. The Kier molecular flexibility index (Phi) is 6.35. The van der Waals surface area contributed by atoms with E-state index >= 15 is 0 Å². The van der Waals surface area contributed by atoms with Gasteiger partial charge in [0, 0.05) is 32.2 Å². The van der Waals surface area contributed by atoms with Crippen LogP contribution in [0.2, 0.25) is 0 Å². The fraction of sp³-hybridized carbons (Fsp3) is 0.857. The van der Waals surface area contributed by atoms with Crippen LogP contribution < -0.4 is 4.74 Å². The summed E-state index contributed by atoms with van der Waals surface area (Å²) in [6, 6.07) is 0.507. The lowest BCUT2D eigenvalue weighted by Crippen LogP contribution is -2.54. The number of nitrogens with zero attached hydrogens (tertiary/aromatic N) is 4. The number of hydrogen-bond acceptors (Lipinski definition) is 7. The molecule has 0 aliphatic carbocycles. The van der Waals surface area contributed by atoms with E-state index in [4.69, 9.17) is 4.74 Å². The highest BCUT2D eigenvalue weighted by atomic mass is 32.1. The molecule has 1 saturated heterocycles. The molecule has 6 nitrogen and oxygen atoms in total. The number of rotatable bonds is 7. The lowest BCUT2D eigenvalue weighted by molar-refractivity contribution is 0.0337. The first-order chi connectivity index (χ1) is 10.1. The zero-order valence-electron chi connectivity index (χ0n) is 13.2. The lowest BCUT2D eigenvalue weighted by atomic mass is 10.1. The number of piperazine rings is 1. The highest BCUT2D eigenvalue weighted by Crippen LogP contribution is 2.21. The standard InChI is InChI=1S/C14H26N4O2S/c1-4-12-9-17(6-7-18(12)8-11(3)19)10-13-15-16-14(21-13)20-5-2/h11-12,19H,4-10H2,1-3H3. The van der Waals surface area contributed by atoms with Crippen molar-refractivity contribution in [3.05, 3.63) is 5.01 Å². The number of hydrogen-bond donors (Lipinski definition) is 1. The first-order valence-electron chi connectivity index (χ1n) is 7.72. The van der Waals surface area contributed by atoms with Gasteiger partial charge in [-0.05, 0) is 20.3 Å². The average Bonchev–Trinajstić information content (AvgIpc) is 2.87. The molecule has 21 heavy (non-hydrogen) atoms. The fourth-order valence-corrected chi connectivity index (χ4v) is 3.53. The molecule has 0 aromatic carbocycles. The van der Waals surface area contributed by atoms with Crippen molar-refractivity contribution >= 4 is 11.3 Å². The predicted octanol–water partition coefficient (Wildman–Crippen LogP) is 1.21. The van der Waals surface area contributed by atoms with E-state index in [1.165, 1.54) is 11.3 Å². The molecule has 1 aliphatic heterocycles. The van der Waals surface area contributed by atoms with Gasteiger partial charge in [-0.15, -0.1) is 10.2 Å². The van der Waals surface area contributed by atoms with Crippen LogP contribution in [-0.2, 0) is 6.54 Å². The van der Waals surface area contributed by atoms with Gasteiger partial charge in [-0.3, -0.25) is 9.80 Å². The third kappa shape index (κ3) is 4.88. The monoisotopic (exact) mass is 314 g/mol. The summed E-state index contributed by atoms with van der Waals surface area (Å²) in [5.41, 5.74) is 0. The normalized spacial score (nSPS) is 22.4. The minimum absolute atomic E-state index is 0.262. The summed E-state index contributed by atoms with van der Waals surface area (Å²) < 4.78 is 5.37. The van der Waals surface area contributed by atoms with Gasteiger partial charge in [0.15, 0.2) is 0 Å². The maximum atomic E-state index is 9.59. The topological polar surface area (TPSA) is 61.7 Å². The van der Waals surface area contributed by atoms with E-state index in [-0.39, 0.29) is 6.10 Å². The summed E-state index contributed by atoms with van der Waals surface area (Å²) >= 11 is 1.53. The quantitative estimate of drug-likeness (QED) is 0.816. The summed E-state index contributed by atoms with van der Waals surface area (Å²) in [6.45, 7) is 11.3. The number of β-amino-alcohol motifs (C(OH)–C–C–N with tert-alkyl or cyclic N) is 1. The molecule has 0 radical (unpaired) electrons. The van der Waals surface area contributed by atoms with Gasteiger partial charge in [-0.2, -0.15) is 0 Å². The summed E-state index contributed by atoms with van der Waals surface area (Å²) in [4.78, 5) is 4.82. The SMILES string of the molecule is CCOc1nnc(CN2CCN(CC(C)O)C(CC)C2)s1. The molecule has 2 unspecified atom stereocenters. The van der Waals surface area contributed by atoms with Crippen LogP contribution >= 0.6 is 11.3 Å². The third-order valence-corrected chi connectivity index (χ3v) is 4.55. The summed E-state index contributed by atoms with van der Waals surface area (Å²) in [6.07, 6.45) is 0.839. The van der Waals surface area contributed by atoms with Gasteiger partial charge in [-0.1, -0.05) is 18.3 Å². The van der Waals surface area contributed by atoms with Crippen LogP contribution in [0.1, 0.15) is 32.2 Å². The van der Waals surface area contributed by atoms with Crippen molar-refractivity contribution in [2.24, 2.45) is 0 Å². The second kappa shape index (κ2) is 8.03. The Hall–Kier alpha value is -0.760. The van der Waals surface area contributed by atoms with Crippen LogP contribution in [0.5, 0.6) is 5.19 Å². The maximum Gasteiger partial charge on any atom is 0.294 e. The van der Waals surface area contributed by atoms with E-state index in [0.29, 0.717) is 17.8 Å². The Labute approximate surface area is 130 Å². The zero-order chi connectivity index (χ0) is 15.2. The van der Waals surface area contributed by atoms with Gasteiger partial charge >= 0.3 is 0 Å². The van der Waals surface area contributed by atoms with E-state index in [0.717, 1.165) is 44.2 Å².